The Morgan fingerprint density at radius 3 is 2.91 bits per heavy atom. The van der Waals surface area contributed by atoms with Crippen molar-refractivity contribution in [1.82, 2.24) is 15.1 Å². The Balaban J connectivity index is 1.33. The summed E-state index contributed by atoms with van der Waals surface area (Å²) in [5.41, 5.74) is 6.74. The number of methoxy groups -OCH3 is 1. The largest absolute Gasteiger partial charge is 0.496 e. The lowest BCUT2D eigenvalue weighted by Gasteiger charge is -2.33. The fraction of sp³-hybridized carbons (Fsp3) is 0.433. The van der Waals surface area contributed by atoms with Crippen molar-refractivity contribution < 1.29 is 38.7 Å². The summed E-state index contributed by atoms with van der Waals surface area (Å²) in [6.07, 6.45) is 7.29. The maximum absolute atomic E-state index is 12.8. The molecule has 15 heteroatoms. The maximum atomic E-state index is 12.8. The highest BCUT2D eigenvalue weighted by Gasteiger charge is 2.42. The Kier molecular flexibility index (Phi) is 7.97. The van der Waals surface area contributed by atoms with Crippen molar-refractivity contribution in [2.45, 2.75) is 51.1 Å². The molecule has 0 radical (unpaired) electrons. The van der Waals surface area contributed by atoms with Crippen molar-refractivity contribution in [3.05, 3.63) is 47.5 Å². The smallest absolute Gasteiger partial charge is 0.374 e. The number of aliphatic hydroxyl groups excluding tert-OH is 1. The van der Waals surface area contributed by atoms with Crippen LogP contribution in [0.4, 0.5) is 0 Å². The number of esters is 1. The van der Waals surface area contributed by atoms with Crippen LogP contribution in [0.5, 0.6) is 17.2 Å². The molecule has 0 fully saturated rings. The van der Waals surface area contributed by atoms with E-state index in [9.17, 15) is 19.8 Å². The maximum Gasteiger partial charge on any atom is 0.374 e. The molecule has 5 N–H and O–H groups in total. The van der Waals surface area contributed by atoms with Crippen LogP contribution in [0.25, 0.3) is 5.57 Å². The molecule has 15 nitrogen and oxygen atoms in total. The van der Waals surface area contributed by atoms with Gasteiger partial charge in [-0.15, -0.1) is 0 Å². The van der Waals surface area contributed by atoms with Gasteiger partial charge in [-0.1, -0.05) is 6.08 Å². The van der Waals surface area contributed by atoms with Gasteiger partial charge in [-0.05, 0) is 38.3 Å². The van der Waals surface area contributed by atoms with E-state index < -0.39 is 29.9 Å². The molecular formula is C30H35N7O8. The van der Waals surface area contributed by atoms with Crippen LogP contribution >= 0.6 is 0 Å². The molecule has 5 aliphatic rings. The lowest BCUT2D eigenvalue weighted by Crippen LogP contribution is -2.53. The number of amidine groups is 1. The second kappa shape index (κ2) is 11.9. The molecule has 45 heavy (non-hydrogen) atoms. The predicted molar refractivity (Wildman–Crippen MR) is 162 cm³/mol. The quantitative estimate of drug-likeness (QED) is 0.263. The van der Waals surface area contributed by atoms with Crippen LogP contribution in [0.1, 0.15) is 37.8 Å². The summed E-state index contributed by atoms with van der Waals surface area (Å²) in [5, 5.41) is 23.7. The zero-order valence-electron chi connectivity index (χ0n) is 25.1. The van der Waals surface area contributed by atoms with Crippen molar-refractivity contribution >= 4 is 35.0 Å². The number of nitrogens with one attached hydrogen (secondary N) is 1. The molecule has 0 aromatic heterocycles. The van der Waals surface area contributed by atoms with Crippen LogP contribution < -0.4 is 25.3 Å². The Bertz CT molecular complexity index is 1610. The number of aliphatic imine (C=N–C) groups is 3. The predicted octanol–water partition coefficient (Wildman–Crippen LogP) is 0.373. The molecule has 3 atom stereocenters. The van der Waals surface area contributed by atoms with Gasteiger partial charge in [-0.2, -0.15) is 9.98 Å². The summed E-state index contributed by atoms with van der Waals surface area (Å²) in [6, 6.07) is 1.70. The minimum Gasteiger partial charge on any atom is -0.496 e. The molecular weight excluding hydrogens is 586 g/mol. The molecule has 5 heterocycles. The summed E-state index contributed by atoms with van der Waals surface area (Å²) in [6.45, 7) is 4.05. The van der Waals surface area contributed by atoms with Crippen molar-refractivity contribution in [1.29, 1.82) is 0 Å². The fourth-order valence-electron chi connectivity index (χ4n) is 5.90. The van der Waals surface area contributed by atoms with E-state index >= 15 is 0 Å². The molecule has 1 aromatic carbocycles. The number of rotatable bonds is 10. The summed E-state index contributed by atoms with van der Waals surface area (Å²) < 4.78 is 23.4. The van der Waals surface area contributed by atoms with Crippen LogP contribution in [-0.4, -0.2) is 101 Å². The van der Waals surface area contributed by atoms with Crippen molar-refractivity contribution in [3.8, 4) is 17.2 Å². The molecule has 0 spiro atoms. The Morgan fingerprint density at radius 2 is 2.16 bits per heavy atom. The molecule has 1 unspecified atom stereocenters. The molecule has 5 aliphatic heterocycles. The number of aliphatic hydroxyl groups is 2. The van der Waals surface area contributed by atoms with E-state index in [0.717, 1.165) is 5.56 Å². The molecule has 0 bridgehead atoms. The third-order valence-corrected chi connectivity index (χ3v) is 8.12. The fourth-order valence-corrected chi connectivity index (χ4v) is 5.90. The van der Waals surface area contributed by atoms with Gasteiger partial charge in [0.25, 0.3) is 0 Å². The number of nitrogens with zero attached hydrogens (tertiary/aromatic N) is 5. The number of carbonyl (C=O) groups is 2. The number of nitrogens with two attached hydrogens (primary N) is 1. The van der Waals surface area contributed by atoms with Gasteiger partial charge in [-0.3, -0.25) is 14.7 Å². The normalized spacial score (nSPS) is 23.5. The Morgan fingerprint density at radius 1 is 1.33 bits per heavy atom. The number of benzene rings is 1. The standard InChI is InChI=1S/C30H35N7O8/c1-4-43-27(40)20-12-16(6-9-36-10-8-32-29(36)37-15-33-23-25(37)34-28(31)35-26(23)39)22-19(44-20)14-18-17(24(22)42-3)13-21(45-18)30(2,41)7-5-11-38/h6,8,10,12,14,21,29,32,38,41H,4-5,7,9,11,13,15H2,1-3H3,(H2,31,35,39)/b16-6+/t21-,29?,30+/m0/s1. The van der Waals surface area contributed by atoms with Gasteiger partial charge in [0.2, 0.25) is 11.7 Å². The number of amides is 1. The van der Waals surface area contributed by atoms with Crippen LogP contribution in [0, 0.1) is 0 Å². The molecule has 0 saturated heterocycles. The van der Waals surface area contributed by atoms with Crippen LogP contribution in [-0.2, 0) is 20.7 Å². The van der Waals surface area contributed by atoms with Crippen LogP contribution in [0.3, 0.4) is 0 Å². The summed E-state index contributed by atoms with van der Waals surface area (Å²) in [5.74, 6) is 0.375. The monoisotopic (exact) mass is 621 g/mol. The molecule has 238 valence electrons. The number of hydrogen-bond acceptors (Lipinski definition) is 14. The highest BCUT2D eigenvalue weighted by Crippen LogP contribution is 2.50. The third-order valence-electron chi connectivity index (χ3n) is 8.12. The first kappa shape index (κ1) is 30.1. The number of fused-ring (bicyclic) bond motifs is 3. The molecule has 0 saturated carbocycles. The van der Waals surface area contributed by atoms with E-state index in [1.165, 1.54) is 0 Å². The second-order valence-corrected chi connectivity index (χ2v) is 11.1. The Hall–Kier alpha value is -4.89. The van der Waals surface area contributed by atoms with E-state index in [0.29, 0.717) is 60.0 Å². The van der Waals surface area contributed by atoms with Gasteiger partial charge in [0.1, 0.15) is 30.0 Å². The lowest BCUT2D eigenvalue weighted by molar-refractivity contribution is -0.141. The number of guanidine groups is 1. The number of carbonyl (C=O) groups excluding carboxylic acids is 2. The molecule has 1 amide bonds. The van der Waals surface area contributed by atoms with Crippen molar-refractivity contribution in [2.75, 3.05) is 33.5 Å². The number of hydrogen-bond donors (Lipinski definition) is 4. The Labute approximate surface area is 259 Å². The SMILES string of the molecule is CCOC(=O)C1=C/C(=C\CN2C=CNC2N2CN=C3C(=O)N=C(N)N=C32)c2c(cc3c(c2OC)C[C@@H]([C@](C)(O)CCCO)O3)O1. The van der Waals surface area contributed by atoms with Crippen LogP contribution in [0.15, 0.2) is 51.4 Å². The van der Waals surface area contributed by atoms with E-state index in [4.69, 9.17) is 24.7 Å². The zero-order valence-corrected chi connectivity index (χ0v) is 25.1. The van der Waals surface area contributed by atoms with E-state index in [1.54, 1.807) is 44.2 Å². The number of allylic oxidation sites excluding steroid dienone is 2. The first-order chi connectivity index (χ1) is 21.6. The first-order valence-corrected chi connectivity index (χ1v) is 14.6. The first-order valence-electron chi connectivity index (χ1n) is 14.6. The topological polar surface area (TPSA) is 193 Å². The second-order valence-electron chi connectivity index (χ2n) is 11.1. The third kappa shape index (κ3) is 5.48. The average molecular weight is 622 g/mol. The van der Waals surface area contributed by atoms with Gasteiger partial charge in [0.15, 0.2) is 17.8 Å². The average Bonchev–Trinajstić information content (AvgIpc) is 3.76. The van der Waals surface area contributed by atoms with E-state index in [1.807, 2.05) is 17.2 Å². The van der Waals surface area contributed by atoms with Crippen molar-refractivity contribution in [3.63, 3.8) is 0 Å². The van der Waals surface area contributed by atoms with E-state index in [-0.39, 0.29) is 37.3 Å². The van der Waals surface area contributed by atoms with Gasteiger partial charge in [0.05, 0.1) is 24.9 Å². The minimum absolute atomic E-state index is 0.00356. The zero-order chi connectivity index (χ0) is 31.9. The van der Waals surface area contributed by atoms with Gasteiger partial charge < -0.3 is 45.1 Å². The number of ether oxygens (including phenoxy) is 4. The van der Waals surface area contributed by atoms with E-state index in [2.05, 4.69) is 20.3 Å². The molecule has 0 aliphatic carbocycles. The van der Waals surface area contributed by atoms with Gasteiger partial charge in [0, 0.05) is 43.6 Å². The summed E-state index contributed by atoms with van der Waals surface area (Å²) >= 11 is 0. The van der Waals surface area contributed by atoms with Crippen LogP contribution in [0.2, 0.25) is 0 Å². The molecule has 1 aromatic rings. The van der Waals surface area contributed by atoms with Gasteiger partial charge in [-0.25, -0.2) is 4.79 Å². The highest BCUT2D eigenvalue weighted by atomic mass is 16.6. The molecule has 6 rings (SSSR count). The minimum atomic E-state index is -1.20. The van der Waals surface area contributed by atoms with Gasteiger partial charge >= 0.3 is 11.9 Å². The lowest BCUT2D eigenvalue weighted by atomic mass is 9.89. The highest BCUT2D eigenvalue weighted by molar-refractivity contribution is 6.69. The summed E-state index contributed by atoms with van der Waals surface area (Å²) in [7, 11) is 1.55. The van der Waals surface area contributed by atoms with Crippen molar-refractivity contribution in [2.24, 2.45) is 20.7 Å². The summed E-state index contributed by atoms with van der Waals surface area (Å²) in [4.78, 5) is 41.1.